The molecule has 0 fully saturated rings. The maximum atomic E-state index is 6.59. The highest BCUT2D eigenvalue weighted by Gasteiger charge is 2.25. The molecule has 10 rings (SSSR count). The van der Waals surface area contributed by atoms with Crippen molar-refractivity contribution in [2.75, 3.05) is 0 Å². The number of aryl methyl sites for hydroxylation is 1. The fraction of sp³-hybridized carbons (Fsp3) is 0.0769. The van der Waals surface area contributed by atoms with Crippen LogP contribution in [0.1, 0.15) is 47.4 Å². The summed E-state index contributed by atoms with van der Waals surface area (Å²) in [6.07, 6.45) is 10.9. The van der Waals surface area contributed by atoms with Gasteiger partial charge in [0.25, 0.3) is 0 Å². The average Bonchev–Trinajstić information content (AvgIpc) is 3.66. The van der Waals surface area contributed by atoms with Crippen LogP contribution in [-0.4, -0.2) is 9.97 Å². The Morgan fingerprint density at radius 1 is 0.436 bits per heavy atom. The summed E-state index contributed by atoms with van der Waals surface area (Å²) in [6.45, 7) is 0. The number of fused-ring (bicyclic) bond motifs is 3. The normalized spacial score (nSPS) is 13.9. The predicted molar refractivity (Wildman–Crippen MR) is 227 cm³/mol. The summed E-state index contributed by atoms with van der Waals surface area (Å²) in [7, 11) is 0. The molecule has 0 amide bonds. The molecular formula is C52H38N2O. The third kappa shape index (κ3) is 6.45. The van der Waals surface area contributed by atoms with Crippen molar-refractivity contribution in [2.45, 2.75) is 25.7 Å². The molecule has 0 atom stereocenters. The lowest BCUT2D eigenvalue weighted by Crippen LogP contribution is -2.03. The van der Waals surface area contributed by atoms with Gasteiger partial charge in [-0.05, 0) is 88.1 Å². The lowest BCUT2D eigenvalue weighted by molar-refractivity contribution is 0.545. The Bertz CT molecular complexity index is 2770. The Morgan fingerprint density at radius 3 is 1.82 bits per heavy atom. The number of rotatable bonds is 7. The fourth-order valence-corrected chi connectivity index (χ4v) is 8.05. The number of benzene rings is 6. The molecule has 262 valence electrons. The minimum absolute atomic E-state index is 0.709. The molecule has 0 bridgehead atoms. The highest BCUT2D eigenvalue weighted by Crippen LogP contribution is 2.42. The molecule has 8 aromatic rings. The van der Waals surface area contributed by atoms with Gasteiger partial charge in [0.05, 0.1) is 11.4 Å². The van der Waals surface area contributed by atoms with Gasteiger partial charge in [-0.2, -0.15) is 0 Å². The third-order valence-electron chi connectivity index (χ3n) is 10.9. The highest BCUT2D eigenvalue weighted by atomic mass is 16.3. The molecule has 0 saturated heterocycles. The number of hydrogen-bond acceptors (Lipinski definition) is 3. The first-order valence-corrected chi connectivity index (χ1v) is 19.2. The maximum absolute atomic E-state index is 6.59. The minimum atomic E-state index is 0.709. The van der Waals surface area contributed by atoms with Crippen LogP contribution in [0.25, 0.3) is 72.6 Å². The third-order valence-corrected chi connectivity index (χ3v) is 10.9. The molecule has 0 radical (unpaired) electrons. The van der Waals surface area contributed by atoms with Gasteiger partial charge in [-0.15, -0.1) is 0 Å². The van der Waals surface area contributed by atoms with Crippen LogP contribution < -0.4 is 0 Å². The van der Waals surface area contributed by atoms with E-state index in [0.29, 0.717) is 5.82 Å². The second-order valence-electron chi connectivity index (χ2n) is 14.4. The van der Waals surface area contributed by atoms with E-state index in [1.54, 1.807) is 0 Å². The number of hydrogen-bond donors (Lipinski definition) is 0. The lowest BCUT2D eigenvalue weighted by Gasteiger charge is -2.16. The average molecular weight is 707 g/mol. The number of allylic oxidation sites excluding steroid dienone is 5. The van der Waals surface area contributed by atoms with Gasteiger partial charge in [-0.1, -0.05) is 158 Å². The topological polar surface area (TPSA) is 38.9 Å². The zero-order chi connectivity index (χ0) is 36.6. The SMILES string of the molecule is C1=C(c2ccccc2)C=C(c2cccc(-c3ccc4oc5c(c4c3)C(c3cc(-c4ccc(-c6ccccc6)cc4)nc(-c4ccccc4)n3)=CCC5)c2)CC1. The van der Waals surface area contributed by atoms with Crippen LogP contribution in [0.2, 0.25) is 0 Å². The summed E-state index contributed by atoms with van der Waals surface area (Å²) in [6, 6.07) is 57.9. The molecule has 2 heterocycles. The van der Waals surface area contributed by atoms with E-state index in [2.05, 4.69) is 158 Å². The molecule has 2 aromatic heterocycles. The van der Waals surface area contributed by atoms with Crippen LogP contribution in [0.3, 0.4) is 0 Å². The van der Waals surface area contributed by atoms with Crippen LogP contribution in [0.5, 0.6) is 0 Å². The molecule has 6 aromatic carbocycles. The summed E-state index contributed by atoms with van der Waals surface area (Å²) in [5.74, 6) is 1.72. The van der Waals surface area contributed by atoms with Gasteiger partial charge < -0.3 is 4.42 Å². The Kier molecular flexibility index (Phi) is 8.46. The van der Waals surface area contributed by atoms with Gasteiger partial charge >= 0.3 is 0 Å². The molecule has 0 aliphatic heterocycles. The van der Waals surface area contributed by atoms with Crippen molar-refractivity contribution < 1.29 is 4.42 Å². The Labute approximate surface area is 321 Å². The van der Waals surface area contributed by atoms with Gasteiger partial charge in [0, 0.05) is 34.1 Å². The van der Waals surface area contributed by atoms with Gasteiger partial charge in [0.15, 0.2) is 5.82 Å². The molecule has 3 heteroatoms. The van der Waals surface area contributed by atoms with E-state index in [9.17, 15) is 0 Å². The van der Waals surface area contributed by atoms with Crippen molar-refractivity contribution in [2.24, 2.45) is 0 Å². The summed E-state index contributed by atoms with van der Waals surface area (Å²) in [4.78, 5) is 10.4. The number of nitrogens with zero attached hydrogens (tertiary/aromatic N) is 2. The Balaban J connectivity index is 1.04. The molecular weight excluding hydrogens is 669 g/mol. The second kappa shape index (κ2) is 14.2. The van der Waals surface area contributed by atoms with E-state index in [1.165, 1.54) is 44.5 Å². The van der Waals surface area contributed by atoms with E-state index in [-0.39, 0.29) is 0 Å². The Morgan fingerprint density at radius 2 is 1.04 bits per heavy atom. The first-order valence-electron chi connectivity index (χ1n) is 19.2. The second-order valence-corrected chi connectivity index (χ2v) is 14.4. The predicted octanol–water partition coefficient (Wildman–Crippen LogP) is 13.5. The first kappa shape index (κ1) is 32.8. The van der Waals surface area contributed by atoms with E-state index >= 15 is 0 Å². The number of aromatic nitrogens is 2. The molecule has 55 heavy (non-hydrogen) atoms. The monoisotopic (exact) mass is 706 g/mol. The summed E-state index contributed by atoms with van der Waals surface area (Å²) in [5.41, 5.74) is 16.9. The van der Waals surface area contributed by atoms with E-state index < -0.39 is 0 Å². The van der Waals surface area contributed by atoms with Crippen molar-refractivity contribution >= 4 is 27.7 Å². The molecule has 0 N–H and O–H groups in total. The van der Waals surface area contributed by atoms with Crippen molar-refractivity contribution in [3.63, 3.8) is 0 Å². The van der Waals surface area contributed by atoms with Crippen molar-refractivity contribution in [1.29, 1.82) is 0 Å². The molecule has 0 saturated carbocycles. The van der Waals surface area contributed by atoms with Gasteiger partial charge in [0.2, 0.25) is 0 Å². The standard InChI is InChI=1S/C52H38N2O/c1-4-13-35(14-5-1)37-25-27-38(28-26-37)47-34-48(54-52(53-47)39-17-8-3-9-18-39)45-23-12-24-50-51(45)46-33-44(29-30-49(46)55-50)43-22-11-21-42(32-43)41-20-10-19-40(31-41)36-15-6-2-7-16-36/h1-9,11,13-19,21-23,25-34H,10,12,20,24H2. The smallest absolute Gasteiger partial charge is 0.160 e. The van der Waals surface area contributed by atoms with E-state index in [1.807, 2.05) is 24.3 Å². The van der Waals surface area contributed by atoms with Crippen LogP contribution in [-0.2, 0) is 6.42 Å². The van der Waals surface area contributed by atoms with Gasteiger partial charge in [-0.25, -0.2) is 9.97 Å². The first-order chi connectivity index (χ1) is 27.2. The molecule has 0 spiro atoms. The van der Waals surface area contributed by atoms with Crippen LogP contribution in [0.4, 0.5) is 0 Å². The zero-order valence-electron chi connectivity index (χ0n) is 30.5. The van der Waals surface area contributed by atoms with Crippen LogP contribution >= 0.6 is 0 Å². The van der Waals surface area contributed by atoms with Gasteiger partial charge in [-0.3, -0.25) is 0 Å². The lowest BCUT2D eigenvalue weighted by atomic mass is 9.88. The van der Waals surface area contributed by atoms with E-state index in [4.69, 9.17) is 14.4 Å². The van der Waals surface area contributed by atoms with Crippen LogP contribution in [0, 0.1) is 0 Å². The summed E-state index contributed by atoms with van der Waals surface area (Å²) in [5, 5.41) is 1.11. The highest BCUT2D eigenvalue weighted by molar-refractivity contribution is 6.00. The summed E-state index contributed by atoms with van der Waals surface area (Å²) >= 11 is 0. The summed E-state index contributed by atoms with van der Waals surface area (Å²) < 4.78 is 6.59. The molecule has 2 aliphatic carbocycles. The fourth-order valence-electron chi connectivity index (χ4n) is 8.05. The quantitative estimate of drug-likeness (QED) is 0.166. The minimum Gasteiger partial charge on any atom is -0.460 e. The molecule has 0 unspecified atom stereocenters. The van der Waals surface area contributed by atoms with Crippen molar-refractivity contribution in [1.82, 2.24) is 9.97 Å². The number of furan rings is 1. The Hall–Kier alpha value is -6.84. The largest absolute Gasteiger partial charge is 0.460 e. The van der Waals surface area contributed by atoms with Crippen molar-refractivity contribution in [3.05, 3.63) is 210 Å². The molecule has 3 nitrogen and oxygen atoms in total. The van der Waals surface area contributed by atoms with Gasteiger partial charge in [0.1, 0.15) is 11.3 Å². The van der Waals surface area contributed by atoms with Crippen molar-refractivity contribution in [3.8, 4) is 44.9 Å². The zero-order valence-corrected chi connectivity index (χ0v) is 30.5. The molecule has 2 aliphatic rings. The maximum Gasteiger partial charge on any atom is 0.160 e. The van der Waals surface area contributed by atoms with Crippen LogP contribution in [0.15, 0.2) is 186 Å². The van der Waals surface area contributed by atoms with E-state index in [0.717, 1.165) is 76.1 Å².